The summed E-state index contributed by atoms with van der Waals surface area (Å²) in [7, 11) is 0. The summed E-state index contributed by atoms with van der Waals surface area (Å²) in [5, 5.41) is 3.41. The lowest BCUT2D eigenvalue weighted by Gasteiger charge is -2.34. The maximum absolute atomic E-state index is 5.82. The smallest absolute Gasteiger partial charge is 0.231 e. The van der Waals surface area contributed by atoms with Gasteiger partial charge >= 0.3 is 0 Å². The second-order valence-electron chi connectivity index (χ2n) is 5.81. The molecule has 3 heterocycles. The fourth-order valence-corrected chi connectivity index (χ4v) is 2.71. The van der Waals surface area contributed by atoms with E-state index >= 15 is 0 Å². The van der Waals surface area contributed by atoms with Crippen LogP contribution in [0.15, 0.2) is 0 Å². The molecule has 0 aromatic carbocycles. The number of nitrogens with one attached hydrogen (secondary N) is 1. The Kier molecular flexibility index (Phi) is 3.60. The van der Waals surface area contributed by atoms with E-state index in [4.69, 9.17) is 10.5 Å². The molecule has 3 rings (SSSR count). The molecule has 0 saturated carbocycles. The van der Waals surface area contributed by atoms with Gasteiger partial charge in [0.15, 0.2) is 0 Å². The summed E-state index contributed by atoms with van der Waals surface area (Å²) >= 11 is 0. The number of rotatable bonds is 3. The van der Waals surface area contributed by atoms with Crippen molar-refractivity contribution in [2.45, 2.75) is 38.1 Å². The minimum atomic E-state index is -0.0334. The van der Waals surface area contributed by atoms with E-state index in [1.54, 1.807) is 0 Å². The fourth-order valence-electron chi connectivity index (χ4n) is 2.71. The topological polar surface area (TPSA) is 89.2 Å². The quantitative estimate of drug-likeness (QED) is 0.853. The second kappa shape index (κ2) is 5.40. The Balaban J connectivity index is 1.78. The molecule has 1 aromatic rings. The number of nitrogens with two attached hydrogens (primary N) is 1. The van der Waals surface area contributed by atoms with Gasteiger partial charge in [0.1, 0.15) is 0 Å². The van der Waals surface area contributed by atoms with Crippen molar-refractivity contribution >= 4 is 17.8 Å². The molecule has 20 heavy (non-hydrogen) atoms. The van der Waals surface area contributed by atoms with Gasteiger partial charge in [0.05, 0.1) is 0 Å². The first-order chi connectivity index (χ1) is 9.65. The molecule has 2 saturated heterocycles. The lowest BCUT2D eigenvalue weighted by Crippen LogP contribution is -2.41. The maximum atomic E-state index is 5.82. The van der Waals surface area contributed by atoms with Crippen molar-refractivity contribution in [3.8, 4) is 0 Å². The van der Waals surface area contributed by atoms with Crippen LogP contribution >= 0.6 is 0 Å². The molecule has 3 N–H and O–H groups in total. The van der Waals surface area contributed by atoms with Gasteiger partial charge in [-0.25, -0.2) is 0 Å². The predicted octanol–water partition coefficient (Wildman–Crippen LogP) is 1.03. The van der Waals surface area contributed by atoms with Crippen LogP contribution in [-0.2, 0) is 4.74 Å². The van der Waals surface area contributed by atoms with Crippen LogP contribution in [0.2, 0.25) is 0 Å². The first-order valence-electron chi connectivity index (χ1n) is 7.27. The minimum absolute atomic E-state index is 0.0334. The minimum Gasteiger partial charge on any atom is -0.381 e. The molecule has 7 heteroatoms. The number of hydrogen-bond donors (Lipinski definition) is 2. The SMILES string of the molecule is CC1(Nc2nc(N)nc(N3CCCC3)n2)CCOCC1. The van der Waals surface area contributed by atoms with E-state index in [9.17, 15) is 0 Å². The molecule has 1 aromatic heterocycles. The van der Waals surface area contributed by atoms with Gasteiger partial charge in [-0.15, -0.1) is 0 Å². The Labute approximate surface area is 118 Å². The highest BCUT2D eigenvalue weighted by Crippen LogP contribution is 2.25. The number of nitrogen functional groups attached to an aromatic ring is 1. The van der Waals surface area contributed by atoms with Crippen molar-refractivity contribution in [2.75, 3.05) is 42.3 Å². The third-order valence-corrected chi connectivity index (χ3v) is 4.04. The molecule has 2 fully saturated rings. The molecule has 0 amide bonds. The summed E-state index contributed by atoms with van der Waals surface area (Å²) in [4.78, 5) is 15.2. The maximum Gasteiger partial charge on any atom is 0.231 e. The van der Waals surface area contributed by atoms with Crippen LogP contribution in [0.1, 0.15) is 32.6 Å². The summed E-state index contributed by atoms with van der Waals surface area (Å²) in [6, 6.07) is 0. The summed E-state index contributed by atoms with van der Waals surface area (Å²) < 4.78 is 5.41. The van der Waals surface area contributed by atoms with E-state index < -0.39 is 0 Å². The van der Waals surface area contributed by atoms with Crippen LogP contribution in [-0.4, -0.2) is 46.8 Å². The van der Waals surface area contributed by atoms with Gasteiger partial charge in [0.25, 0.3) is 0 Å². The summed E-state index contributed by atoms with van der Waals surface area (Å²) in [6.07, 6.45) is 4.25. The number of anilines is 3. The second-order valence-corrected chi connectivity index (χ2v) is 5.81. The molecule has 0 radical (unpaired) electrons. The van der Waals surface area contributed by atoms with Gasteiger partial charge in [-0.1, -0.05) is 0 Å². The zero-order valence-electron chi connectivity index (χ0n) is 11.9. The van der Waals surface area contributed by atoms with E-state index in [0.717, 1.165) is 39.1 Å². The van der Waals surface area contributed by atoms with Gasteiger partial charge in [0, 0.05) is 31.8 Å². The molecular formula is C13H22N6O. The van der Waals surface area contributed by atoms with E-state index in [1.165, 1.54) is 12.8 Å². The Morgan fingerprint density at radius 2 is 1.85 bits per heavy atom. The summed E-state index contributed by atoms with van der Waals surface area (Å²) in [5.74, 6) is 1.54. The van der Waals surface area contributed by atoms with Crippen LogP contribution in [0.25, 0.3) is 0 Å². The van der Waals surface area contributed by atoms with E-state index in [0.29, 0.717) is 11.9 Å². The molecule has 0 aliphatic carbocycles. The van der Waals surface area contributed by atoms with Crippen LogP contribution in [0.4, 0.5) is 17.8 Å². The van der Waals surface area contributed by atoms with Crippen molar-refractivity contribution in [3.05, 3.63) is 0 Å². The average molecular weight is 278 g/mol. The van der Waals surface area contributed by atoms with Crippen LogP contribution in [0.3, 0.4) is 0 Å². The molecule has 0 unspecified atom stereocenters. The predicted molar refractivity (Wildman–Crippen MR) is 77.8 cm³/mol. The Morgan fingerprint density at radius 1 is 1.15 bits per heavy atom. The lowest BCUT2D eigenvalue weighted by atomic mass is 9.93. The normalized spacial score (nSPS) is 21.9. The van der Waals surface area contributed by atoms with Crippen molar-refractivity contribution in [1.82, 2.24) is 15.0 Å². The van der Waals surface area contributed by atoms with Gasteiger partial charge in [-0.2, -0.15) is 15.0 Å². The highest BCUT2D eigenvalue weighted by atomic mass is 16.5. The Morgan fingerprint density at radius 3 is 2.55 bits per heavy atom. The van der Waals surface area contributed by atoms with Crippen molar-refractivity contribution in [2.24, 2.45) is 0 Å². The van der Waals surface area contributed by atoms with Crippen LogP contribution < -0.4 is 16.0 Å². The molecule has 0 atom stereocenters. The zero-order valence-corrected chi connectivity index (χ0v) is 11.9. The molecular weight excluding hydrogens is 256 g/mol. The first kappa shape index (κ1) is 13.4. The van der Waals surface area contributed by atoms with Gasteiger partial charge in [-0.05, 0) is 32.6 Å². The highest BCUT2D eigenvalue weighted by Gasteiger charge is 2.28. The number of ether oxygens (including phenoxy) is 1. The molecule has 110 valence electrons. The standard InChI is InChI=1S/C13H22N6O/c1-13(4-8-20-9-5-13)18-11-15-10(14)16-12(17-11)19-6-2-3-7-19/h2-9H2,1H3,(H3,14,15,16,17,18). The van der Waals surface area contributed by atoms with E-state index in [2.05, 4.69) is 32.1 Å². The third kappa shape index (κ3) is 2.92. The number of nitrogens with zero attached hydrogens (tertiary/aromatic N) is 4. The van der Waals surface area contributed by atoms with Gasteiger partial charge < -0.3 is 20.7 Å². The molecule has 2 aliphatic heterocycles. The molecule has 2 aliphatic rings. The van der Waals surface area contributed by atoms with Gasteiger partial charge in [-0.3, -0.25) is 0 Å². The lowest BCUT2D eigenvalue weighted by molar-refractivity contribution is 0.0656. The van der Waals surface area contributed by atoms with E-state index in [-0.39, 0.29) is 11.5 Å². The third-order valence-electron chi connectivity index (χ3n) is 4.04. The monoisotopic (exact) mass is 278 g/mol. The van der Waals surface area contributed by atoms with Crippen LogP contribution in [0.5, 0.6) is 0 Å². The van der Waals surface area contributed by atoms with Gasteiger partial charge in [0.2, 0.25) is 17.8 Å². The fraction of sp³-hybridized carbons (Fsp3) is 0.769. The molecule has 0 spiro atoms. The largest absolute Gasteiger partial charge is 0.381 e. The van der Waals surface area contributed by atoms with E-state index in [1.807, 2.05) is 0 Å². The summed E-state index contributed by atoms with van der Waals surface area (Å²) in [5.41, 5.74) is 5.79. The number of aromatic nitrogens is 3. The molecule has 0 bridgehead atoms. The molecule has 7 nitrogen and oxygen atoms in total. The summed E-state index contributed by atoms with van der Waals surface area (Å²) in [6.45, 7) is 5.69. The van der Waals surface area contributed by atoms with Crippen LogP contribution in [0, 0.1) is 0 Å². The van der Waals surface area contributed by atoms with Crippen molar-refractivity contribution in [1.29, 1.82) is 0 Å². The van der Waals surface area contributed by atoms with Crippen molar-refractivity contribution in [3.63, 3.8) is 0 Å². The zero-order chi connectivity index (χ0) is 14.0. The average Bonchev–Trinajstić information content (AvgIpc) is 2.92. The Hall–Kier alpha value is -1.63. The number of hydrogen-bond acceptors (Lipinski definition) is 7. The van der Waals surface area contributed by atoms with Crippen molar-refractivity contribution < 1.29 is 4.74 Å². The Bertz CT molecular complexity index is 468. The first-order valence-corrected chi connectivity index (χ1v) is 7.27. The highest BCUT2D eigenvalue weighted by molar-refractivity contribution is 5.43.